The first kappa shape index (κ1) is 22.1. The zero-order valence-electron chi connectivity index (χ0n) is 17.3. The van der Waals surface area contributed by atoms with E-state index in [9.17, 15) is 4.79 Å². The van der Waals surface area contributed by atoms with Crippen LogP contribution in [0.2, 0.25) is 10.0 Å². The number of benzene rings is 1. The second-order valence-corrected chi connectivity index (χ2v) is 10.2. The molecule has 2 heterocycles. The molecule has 0 bridgehead atoms. The number of amides is 1. The summed E-state index contributed by atoms with van der Waals surface area (Å²) < 4.78 is 1.01. The van der Waals surface area contributed by atoms with Gasteiger partial charge in [-0.1, -0.05) is 36.5 Å². The molecule has 1 saturated heterocycles. The van der Waals surface area contributed by atoms with Crippen LogP contribution in [0.25, 0.3) is 0 Å². The Bertz CT molecular complexity index is 941. The number of likely N-dealkylation sites (tertiary alicyclic amines) is 1. The van der Waals surface area contributed by atoms with E-state index >= 15 is 0 Å². The van der Waals surface area contributed by atoms with E-state index in [1.807, 2.05) is 17.2 Å². The van der Waals surface area contributed by atoms with Gasteiger partial charge in [0.1, 0.15) is 0 Å². The van der Waals surface area contributed by atoms with Crippen LogP contribution in [-0.2, 0) is 17.6 Å². The third-order valence-corrected chi connectivity index (χ3v) is 7.49. The van der Waals surface area contributed by atoms with Gasteiger partial charge in [-0.3, -0.25) is 9.78 Å². The van der Waals surface area contributed by atoms with Crippen LogP contribution in [0.1, 0.15) is 67.3 Å². The number of pyridine rings is 1. The Labute approximate surface area is 197 Å². The number of aryl methyl sites for hydroxylation is 2. The fourth-order valence-electron chi connectivity index (χ4n) is 5.00. The maximum atomic E-state index is 12.5. The van der Waals surface area contributed by atoms with Crippen LogP contribution in [-0.4, -0.2) is 28.9 Å². The van der Waals surface area contributed by atoms with Gasteiger partial charge in [0.05, 0.1) is 5.69 Å². The summed E-state index contributed by atoms with van der Waals surface area (Å²) in [5.74, 6) is 0.843. The molecule has 1 aliphatic heterocycles. The summed E-state index contributed by atoms with van der Waals surface area (Å²) in [5.41, 5.74) is 4.83. The zero-order chi connectivity index (χ0) is 21.3. The average molecular weight is 510 g/mol. The smallest absolute Gasteiger partial charge is 0.222 e. The van der Waals surface area contributed by atoms with E-state index in [1.54, 1.807) is 0 Å². The monoisotopic (exact) mass is 508 g/mol. The normalized spacial score (nSPS) is 19.2. The Morgan fingerprint density at radius 2 is 1.90 bits per heavy atom. The molecule has 0 saturated carbocycles. The summed E-state index contributed by atoms with van der Waals surface area (Å²) in [5, 5.41) is 1.43. The van der Waals surface area contributed by atoms with Crippen LogP contribution >= 0.6 is 39.1 Å². The number of carbonyl (C=O) groups excluding carboxylic acids is 1. The lowest BCUT2D eigenvalue weighted by atomic mass is 9.76. The molecule has 6 heteroatoms. The quantitative estimate of drug-likeness (QED) is 0.453. The summed E-state index contributed by atoms with van der Waals surface area (Å²) in [4.78, 5) is 19.4. The molecule has 1 fully saturated rings. The molecule has 0 N–H and O–H groups in total. The van der Waals surface area contributed by atoms with E-state index in [2.05, 4.69) is 35.0 Å². The molecule has 2 aromatic rings. The molecule has 1 aliphatic carbocycles. The third kappa shape index (κ3) is 4.56. The summed E-state index contributed by atoms with van der Waals surface area (Å²) in [6.07, 6.45) is 8.36. The summed E-state index contributed by atoms with van der Waals surface area (Å²) in [6, 6.07) is 6.13. The molecule has 160 valence electrons. The predicted molar refractivity (Wildman–Crippen MR) is 126 cm³/mol. The van der Waals surface area contributed by atoms with E-state index < -0.39 is 0 Å². The van der Waals surface area contributed by atoms with Gasteiger partial charge in [0.2, 0.25) is 5.91 Å². The summed E-state index contributed by atoms with van der Waals surface area (Å²) >= 11 is 16.7. The standard InChI is InChI=1S/C24H27BrCl2N2O/c1-2-3-4-21(30)29-9-7-15(8-10-29)23-22-16(12-19(26)13-20(22)27)5-6-17-11-18(25)14-28-24(17)23/h11-15,23H,2-10H2,1H3. The molecule has 1 aromatic heterocycles. The van der Waals surface area contributed by atoms with Crippen LogP contribution in [0.4, 0.5) is 0 Å². The lowest BCUT2D eigenvalue weighted by Gasteiger charge is -2.37. The fourth-order valence-corrected chi connectivity index (χ4v) is 6.03. The highest BCUT2D eigenvalue weighted by Crippen LogP contribution is 2.46. The number of halogens is 3. The Hall–Kier alpha value is -1.10. The Balaban J connectivity index is 1.67. The van der Waals surface area contributed by atoms with Gasteiger partial charge in [0, 0.05) is 46.1 Å². The molecule has 4 rings (SSSR count). The van der Waals surface area contributed by atoms with Gasteiger partial charge in [-0.05, 0) is 88.8 Å². The molecule has 30 heavy (non-hydrogen) atoms. The number of rotatable bonds is 4. The number of hydrogen-bond donors (Lipinski definition) is 0. The highest BCUT2D eigenvalue weighted by atomic mass is 79.9. The second-order valence-electron chi connectivity index (χ2n) is 8.46. The van der Waals surface area contributed by atoms with Crippen LogP contribution in [0.3, 0.4) is 0 Å². The maximum absolute atomic E-state index is 12.5. The topological polar surface area (TPSA) is 33.2 Å². The van der Waals surface area contributed by atoms with Crippen molar-refractivity contribution in [2.75, 3.05) is 13.1 Å². The number of unbranched alkanes of at least 4 members (excludes halogenated alkanes) is 1. The van der Waals surface area contributed by atoms with Crippen molar-refractivity contribution in [1.82, 2.24) is 9.88 Å². The maximum Gasteiger partial charge on any atom is 0.222 e. The van der Waals surface area contributed by atoms with Crippen molar-refractivity contribution in [2.45, 2.75) is 57.8 Å². The molecule has 1 amide bonds. The highest BCUT2D eigenvalue weighted by Gasteiger charge is 2.36. The molecule has 1 aromatic carbocycles. The van der Waals surface area contributed by atoms with Crippen molar-refractivity contribution >= 4 is 45.0 Å². The predicted octanol–water partition coefficient (Wildman–Crippen LogP) is 6.81. The van der Waals surface area contributed by atoms with E-state index in [0.717, 1.165) is 66.8 Å². The minimum Gasteiger partial charge on any atom is -0.343 e. The van der Waals surface area contributed by atoms with E-state index in [0.29, 0.717) is 23.3 Å². The number of aromatic nitrogens is 1. The largest absolute Gasteiger partial charge is 0.343 e. The van der Waals surface area contributed by atoms with Gasteiger partial charge < -0.3 is 4.90 Å². The first-order valence-electron chi connectivity index (χ1n) is 10.9. The lowest BCUT2D eigenvalue weighted by Crippen LogP contribution is -2.40. The number of fused-ring (bicyclic) bond motifs is 2. The zero-order valence-corrected chi connectivity index (χ0v) is 20.4. The molecule has 1 unspecified atom stereocenters. The molecule has 2 aliphatic rings. The average Bonchev–Trinajstić information content (AvgIpc) is 2.89. The summed E-state index contributed by atoms with van der Waals surface area (Å²) in [6.45, 7) is 3.76. The van der Waals surface area contributed by atoms with Crippen molar-refractivity contribution in [3.05, 3.63) is 61.3 Å². The van der Waals surface area contributed by atoms with E-state index in [1.165, 1.54) is 16.7 Å². The molecule has 0 radical (unpaired) electrons. The Morgan fingerprint density at radius 1 is 1.17 bits per heavy atom. The number of hydrogen-bond acceptors (Lipinski definition) is 2. The van der Waals surface area contributed by atoms with Crippen LogP contribution in [0.15, 0.2) is 28.9 Å². The van der Waals surface area contributed by atoms with Crippen molar-refractivity contribution in [3.8, 4) is 0 Å². The second kappa shape index (κ2) is 9.58. The molecule has 1 atom stereocenters. The molecule has 3 nitrogen and oxygen atoms in total. The van der Waals surface area contributed by atoms with Gasteiger partial charge in [-0.25, -0.2) is 0 Å². The van der Waals surface area contributed by atoms with Gasteiger partial charge >= 0.3 is 0 Å². The SMILES string of the molecule is CCCCC(=O)N1CCC(C2c3ncc(Br)cc3CCc3cc(Cl)cc(Cl)c32)CC1. The number of nitrogens with zero attached hydrogens (tertiary/aromatic N) is 2. The van der Waals surface area contributed by atoms with Crippen molar-refractivity contribution in [2.24, 2.45) is 5.92 Å². The Kier molecular flexibility index (Phi) is 7.06. The first-order valence-corrected chi connectivity index (χ1v) is 12.4. The minimum atomic E-state index is 0.142. The van der Waals surface area contributed by atoms with Crippen LogP contribution < -0.4 is 0 Å². The van der Waals surface area contributed by atoms with Gasteiger partial charge in [-0.2, -0.15) is 0 Å². The lowest BCUT2D eigenvalue weighted by molar-refractivity contribution is -0.132. The molecular formula is C24H27BrCl2N2O. The van der Waals surface area contributed by atoms with E-state index in [4.69, 9.17) is 28.2 Å². The van der Waals surface area contributed by atoms with Crippen molar-refractivity contribution in [1.29, 1.82) is 0 Å². The van der Waals surface area contributed by atoms with E-state index in [-0.39, 0.29) is 5.92 Å². The number of carbonyl (C=O) groups is 1. The Morgan fingerprint density at radius 3 is 2.63 bits per heavy atom. The van der Waals surface area contributed by atoms with Crippen molar-refractivity contribution < 1.29 is 4.79 Å². The van der Waals surface area contributed by atoms with Gasteiger partial charge in [0.25, 0.3) is 0 Å². The van der Waals surface area contributed by atoms with Gasteiger partial charge in [0.15, 0.2) is 0 Å². The first-order chi connectivity index (χ1) is 14.5. The molecular weight excluding hydrogens is 483 g/mol. The molecule has 0 spiro atoms. The summed E-state index contributed by atoms with van der Waals surface area (Å²) in [7, 11) is 0. The van der Waals surface area contributed by atoms with Crippen molar-refractivity contribution in [3.63, 3.8) is 0 Å². The number of piperidine rings is 1. The fraction of sp³-hybridized carbons (Fsp3) is 0.500. The minimum absolute atomic E-state index is 0.142. The van der Waals surface area contributed by atoms with Crippen LogP contribution in [0.5, 0.6) is 0 Å². The van der Waals surface area contributed by atoms with Gasteiger partial charge in [-0.15, -0.1) is 0 Å². The van der Waals surface area contributed by atoms with Crippen LogP contribution in [0, 0.1) is 5.92 Å². The highest BCUT2D eigenvalue weighted by molar-refractivity contribution is 9.10. The third-order valence-electron chi connectivity index (χ3n) is 6.53.